The molecule has 1 atom stereocenters. The van der Waals surface area contributed by atoms with Crippen LogP contribution in [0.5, 0.6) is 0 Å². The minimum absolute atomic E-state index is 0.0429. The van der Waals surface area contributed by atoms with Gasteiger partial charge in [-0.3, -0.25) is 4.90 Å². The normalized spacial score (nSPS) is 20.6. The topological polar surface area (TPSA) is 56.2 Å². The number of amides is 1. The number of ether oxygens (including phenoxy) is 1. The Labute approximate surface area is 187 Å². The van der Waals surface area contributed by atoms with Crippen LogP contribution in [0.1, 0.15) is 17.5 Å². The van der Waals surface area contributed by atoms with Gasteiger partial charge < -0.3 is 19.6 Å². The maximum absolute atomic E-state index is 12.6. The Morgan fingerprint density at radius 1 is 1.09 bits per heavy atom. The number of aliphatic hydroxyl groups is 1. The summed E-state index contributed by atoms with van der Waals surface area (Å²) in [6.45, 7) is 4.66. The molecule has 0 bridgehead atoms. The van der Waals surface area contributed by atoms with Crippen LogP contribution in [0, 0.1) is 12.8 Å². The van der Waals surface area contributed by atoms with Gasteiger partial charge in [-0.05, 0) is 30.5 Å². The van der Waals surface area contributed by atoms with Crippen LogP contribution in [-0.4, -0.2) is 85.3 Å². The Morgan fingerprint density at radius 2 is 1.73 bits per heavy atom. The molecule has 12 heteroatoms. The van der Waals surface area contributed by atoms with Crippen LogP contribution < -0.4 is 4.90 Å². The van der Waals surface area contributed by atoms with Gasteiger partial charge in [-0.1, -0.05) is 12.1 Å². The molecule has 0 spiro atoms. The summed E-state index contributed by atoms with van der Waals surface area (Å²) < 4.78 is 79.7. The highest BCUT2D eigenvalue weighted by molar-refractivity contribution is 5.68. The third-order valence-electron chi connectivity index (χ3n) is 5.96. The second-order valence-electron chi connectivity index (χ2n) is 8.53. The Hall–Kier alpha value is -2.21. The van der Waals surface area contributed by atoms with Gasteiger partial charge in [0.2, 0.25) is 0 Å². The fraction of sp³-hybridized carbons (Fsp3) is 0.667. The van der Waals surface area contributed by atoms with Gasteiger partial charge in [0.05, 0.1) is 0 Å². The number of benzene rings is 1. The van der Waals surface area contributed by atoms with Crippen molar-refractivity contribution in [3.05, 3.63) is 29.3 Å². The molecule has 33 heavy (non-hydrogen) atoms. The molecular formula is C21H27F6N3O3. The molecule has 2 fully saturated rings. The predicted molar refractivity (Wildman–Crippen MR) is 108 cm³/mol. The first-order valence-corrected chi connectivity index (χ1v) is 10.6. The number of carbonyl (C=O) groups excluding carboxylic acids is 1. The quantitative estimate of drug-likeness (QED) is 0.650. The van der Waals surface area contributed by atoms with E-state index in [-0.39, 0.29) is 38.7 Å². The van der Waals surface area contributed by atoms with Gasteiger partial charge in [0, 0.05) is 64.0 Å². The standard InChI is InChI=1S/C21H27F6N3O3/c1-14-2-3-16(17(10-14)30-5-4-15(11-30)13-31)12-28-6-8-29(9-7-28)19(32)33-18(20(22,23)24)21(25,26)27/h2-3,10,15,18,31H,4-9,11-13H2,1H3. The molecule has 1 aromatic carbocycles. The van der Waals surface area contributed by atoms with Gasteiger partial charge in [0.1, 0.15) is 0 Å². The predicted octanol–water partition coefficient (Wildman–Crippen LogP) is 3.56. The number of hydrogen-bond donors (Lipinski definition) is 1. The Morgan fingerprint density at radius 3 is 2.27 bits per heavy atom. The summed E-state index contributed by atoms with van der Waals surface area (Å²) in [6.07, 6.45) is -16.3. The number of aryl methyl sites for hydroxylation is 1. The lowest BCUT2D eigenvalue weighted by atomic mass is 10.1. The van der Waals surface area contributed by atoms with E-state index in [4.69, 9.17) is 0 Å². The van der Waals surface area contributed by atoms with Crippen LogP contribution in [0.25, 0.3) is 0 Å². The molecule has 0 aromatic heterocycles. The molecular weight excluding hydrogens is 456 g/mol. The maximum Gasteiger partial charge on any atom is 0.434 e. The fourth-order valence-electron chi connectivity index (χ4n) is 4.13. The molecule has 0 radical (unpaired) electrons. The number of halogens is 6. The van der Waals surface area contributed by atoms with E-state index in [9.17, 15) is 36.2 Å². The van der Waals surface area contributed by atoms with E-state index in [0.29, 0.717) is 6.54 Å². The van der Waals surface area contributed by atoms with Crippen molar-refractivity contribution in [1.82, 2.24) is 9.80 Å². The molecule has 1 unspecified atom stereocenters. The van der Waals surface area contributed by atoms with Gasteiger partial charge in [0.25, 0.3) is 6.10 Å². The van der Waals surface area contributed by atoms with Gasteiger partial charge in [-0.2, -0.15) is 26.3 Å². The number of anilines is 1. The zero-order valence-corrected chi connectivity index (χ0v) is 18.1. The van der Waals surface area contributed by atoms with E-state index < -0.39 is 24.5 Å². The lowest BCUT2D eigenvalue weighted by Gasteiger charge is -2.36. The van der Waals surface area contributed by atoms with Crippen molar-refractivity contribution in [3.63, 3.8) is 0 Å². The molecule has 0 aliphatic carbocycles. The Bertz CT molecular complexity index is 810. The molecule has 186 valence electrons. The second kappa shape index (κ2) is 9.96. The number of rotatable bonds is 5. The molecule has 2 aliphatic heterocycles. The molecule has 1 aromatic rings. The molecule has 2 heterocycles. The Balaban J connectivity index is 1.59. The molecule has 1 amide bonds. The van der Waals surface area contributed by atoms with Crippen LogP contribution >= 0.6 is 0 Å². The first-order valence-electron chi connectivity index (χ1n) is 10.6. The summed E-state index contributed by atoms with van der Waals surface area (Å²) >= 11 is 0. The first kappa shape index (κ1) is 25.4. The number of piperazine rings is 1. The highest BCUT2D eigenvalue weighted by Crippen LogP contribution is 2.36. The fourth-order valence-corrected chi connectivity index (χ4v) is 4.13. The zero-order valence-electron chi connectivity index (χ0n) is 18.1. The smallest absolute Gasteiger partial charge is 0.426 e. The summed E-state index contributed by atoms with van der Waals surface area (Å²) in [7, 11) is 0. The molecule has 6 nitrogen and oxygen atoms in total. The zero-order chi connectivity index (χ0) is 24.4. The maximum atomic E-state index is 12.6. The third-order valence-corrected chi connectivity index (χ3v) is 5.96. The Kier molecular flexibility index (Phi) is 7.67. The summed E-state index contributed by atoms with van der Waals surface area (Å²) in [5, 5.41) is 9.43. The monoisotopic (exact) mass is 483 g/mol. The number of alkyl halides is 6. The van der Waals surface area contributed by atoms with Crippen molar-refractivity contribution in [2.75, 3.05) is 50.8 Å². The number of carbonyl (C=O) groups is 1. The number of aliphatic hydroxyl groups excluding tert-OH is 1. The molecule has 3 rings (SSSR count). The number of hydrogen-bond acceptors (Lipinski definition) is 5. The van der Waals surface area contributed by atoms with E-state index in [1.54, 1.807) is 0 Å². The SMILES string of the molecule is Cc1ccc(CN2CCN(C(=O)OC(C(F)(F)F)C(F)(F)F)CC2)c(N2CCC(CO)C2)c1. The molecule has 1 N–H and O–H groups in total. The van der Waals surface area contributed by atoms with Gasteiger partial charge in [0.15, 0.2) is 0 Å². The molecule has 0 saturated carbocycles. The minimum atomic E-state index is -5.73. The summed E-state index contributed by atoms with van der Waals surface area (Å²) in [4.78, 5) is 17.0. The van der Waals surface area contributed by atoms with Crippen LogP contribution in [0.15, 0.2) is 18.2 Å². The van der Waals surface area contributed by atoms with Crippen molar-refractivity contribution < 1.29 is 41.0 Å². The summed E-state index contributed by atoms with van der Waals surface area (Å²) in [5.41, 5.74) is 3.16. The van der Waals surface area contributed by atoms with Gasteiger partial charge in [-0.25, -0.2) is 4.79 Å². The van der Waals surface area contributed by atoms with Crippen molar-refractivity contribution in [3.8, 4) is 0 Å². The van der Waals surface area contributed by atoms with E-state index >= 15 is 0 Å². The summed E-state index contributed by atoms with van der Waals surface area (Å²) in [5.74, 6) is 0.213. The van der Waals surface area contributed by atoms with Gasteiger partial charge >= 0.3 is 18.4 Å². The van der Waals surface area contributed by atoms with Gasteiger partial charge in [-0.15, -0.1) is 0 Å². The van der Waals surface area contributed by atoms with Crippen LogP contribution in [0.4, 0.5) is 36.8 Å². The average molecular weight is 483 g/mol. The largest absolute Gasteiger partial charge is 0.434 e. The first-order chi connectivity index (χ1) is 15.4. The van der Waals surface area contributed by atoms with Crippen molar-refractivity contribution in [2.45, 2.75) is 38.3 Å². The van der Waals surface area contributed by atoms with E-state index in [1.165, 1.54) is 0 Å². The van der Waals surface area contributed by atoms with E-state index in [2.05, 4.69) is 15.7 Å². The molecule has 2 saturated heterocycles. The summed E-state index contributed by atoms with van der Waals surface area (Å²) in [6, 6.07) is 6.03. The van der Waals surface area contributed by atoms with Crippen molar-refractivity contribution >= 4 is 11.8 Å². The highest BCUT2D eigenvalue weighted by Gasteiger charge is 2.60. The van der Waals surface area contributed by atoms with Crippen LogP contribution in [0.2, 0.25) is 0 Å². The third kappa shape index (κ3) is 6.44. The van der Waals surface area contributed by atoms with Crippen LogP contribution in [0.3, 0.4) is 0 Å². The van der Waals surface area contributed by atoms with E-state index in [0.717, 1.165) is 41.2 Å². The second-order valence-corrected chi connectivity index (χ2v) is 8.53. The van der Waals surface area contributed by atoms with Crippen molar-refractivity contribution in [2.24, 2.45) is 5.92 Å². The van der Waals surface area contributed by atoms with E-state index in [1.807, 2.05) is 24.0 Å². The highest BCUT2D eigenvalue weighted by atomic mass is 19.4. The van der Waals surface area contributed by atoms with Crippen molar-refractivity contribution in [1.29, 1.82) is 0 Å². The lowest BCUT2D eigenvalue weighted by Crippen LogP contribution is -2.52. The average Bonchev–Trinajstić information content (AvgIpc) is 3.21. The number of nitrogens with zero attached hydrogens (tertiary/aromatic N) is 3. The molecule has 2 aliphatic rings. The lowest BCUT2D eigenvalue weighted by molar-refractivity contribution is -0.308. The van der Waals surface area contributed by atoms with Crippen LogP contribution in [-0.2, 0) is 11.3 Å². The minimum Gasteiger partial charge on any atom is -0.426 e.